The maximum absolute atomic E-state index is 12.6. The van der Waals surface area contributed by atoms with Gasteiger partial charge in [-0.15, -0.1) is 0 Å². The molecule has 0 N–H and O–H groups in total. The van der Waals surface area contributed by atoms with E-state index in [0.29, 0.717) is 29.6 Å². The van der Waals surface area contributed by atoms with Crippen LogP contribution in [0.5, 0.6) is 0 Å². The maximum atomic E-state index is 12.6. The van der Waals surface area contributed by atoms with Crippen molar-refractivity contribution in [1.29, 1.82) is 0 Å². The fraction of sp³-hybridized carbons (Fsp3) is 0.278. The molecule has 0 radical (unpaired) electrons. The number of nitrogens with zero attached hydrogens (tertiary/aromatic N) is 5. The summed E-state index contributed by atoms with van der Waals surface area (Å²) in [5, 5.41) is 4.10. The number of piperidine rings is 1. The first-order chi connectivity index (χ1) is 12.3. The summed E-state index contributed by atoms with van der Waals surface area (Å²) in [6, 6.07) is 10.9. The molecule has 0 bridgehead atoms. The highest BCUT2D eigenvalue weighted by Crippen LogP contribution is 2.27. The van der Waals surface area contributed by atoms with Crippen LogP contribution >= 0.6 is 0 Å². The van der Waals surface area contributed by atoms with Crippen LogP contribution in [0.25, 0.3) is 11.6 Å². The van der Waals surface area contributed by atoms with E-state index in [2.05, 4.69) is 20.1 Å². The molecule has 4 rings (SSSR count). The first kappa shape index (κ1) is 15.4. The number of aromatic nitrogens is 4. The molecule has 0 aromatic carbocycles. The Morgan fingerprint density at radius 3 is 2.72 bits per heavy atom. The number of rotatable bonds is 3. The Kier molecular flexibility index (Phi) is 4.20. The molecule has 1 fully saturated rings. The van der Waals surface area contributed by atoms with Gasteiger partial charge in [0.2, 0.25) is 0 Å². The predicted molar refractivity (Wildman–Crippen MR) is 89.6 cm³/mol. The van der Waals surface area contributed by atoms with Crippen molar-refractivity contribution < 1.29 is 9.32 Å². The van der Waals surface area contributed by atoms with Gasteiger partial charge in [-0.25, -0.2) is 0 Å². The van der Waals surface area contributed by atoms with E-state index in [1.54, 1.807) is 24.5 Å². The smallest absolute Gasteiger partial charge is 0.276 e. The Bertz CT molecular complexity index is 850. The lowest BCUT2D eigenvalue weighted by Gasteiger charge is -2.31. The predicted octanol–water partition coefficient (Wildman–Crippen LogP) is 2.55. The summed E-state index contributed by atoms with van der Waals surface area (Å²) in [6.45, 7) is 1.29. The van der Waals surface area contributed by atoms with Gasteiger partial charge in [-0.05, 0) is 37.1 Å². The normalized spacial score (nSPS) is 17.4. The van der Waals surface area contributed by atoms with E-state index < -0.39 is 0 Å². The van der Waals surface area contributed by atoms with Gasteiger partial charge in [0.15, 0.2) is 5.82 Å². The van der Waals surface area contributed by atoms with Crippen LogP contribution < -0.4 is 0 Å². The minimum absolute atomic E-state index is 0.0567. The molecule has 1 amide bonds. The van der Waals surface area contributed by atoms with Gasteiger partial charge >= 0.3 is 0 Å². The van der Waals surface area contributed by atoms with Gasteiger partial charge in [0.05, 0.1) is 0 Å². The van der Waals surface area contributed by atoms with E-state index in [9.17, 15) is 4.79 Å². The van der Waals surface area contributed by atoms with Gasteiger partial charge in [0, 0.05) is 31.4 Å². The highest BCUT2D eigenvalue weighted by molar-refractivity contribution is 5.92. The average Bonchev–Trinajstić information content (AvgIpc) is 3.19. The second-order valence-electron chi connectivity index (χ2n) is 5.98. The van der Waals surface area contributed by atoms with Gasteiger partial charge in [0.25, 0.3) is 11.8 Å². The topological polar surface area (TPSA) is 85.0 Å². The number of hydrogen-bond acceptors (Lipinski definition) is 6. The molecule has 0 spiro atoms. The quantitative estimate of drug-likeness (QED) is 0.731. The molecular weight excluding hydrogens is 318 g/mol. The zero-order valence-electron chi connectivity index (χ0n) is 13.6. The molecule has 1 atom stereocenters. The van der Waals surface area contributed by atoms with Crippen LogP contribution in [0.1, 0.15) is 35.1 Å². The summed E-state index contributed by atoms with van der Waals surface area (Å²) in [5.41, 5.74) is 1.11. The zero-order chi connectivity index (χ0) is 17.1. The van der Waals surface area contributed by atoms with Crippen molar-refractivity contribution in [1.82, 2.24) is 25.0 Å². The number of amides is 1. The third kappa shape index (κ3) is 3.26. The summed E-state index contributed by atoms with van der Waals surface area (Å²) in [7, 11) is 0. The number of pyridine rings is 2. The van der Waals surface area contributed by atoms with Gasteiger partial charge in [0.1, 0.15) is 11.4 Å². The number of carbonyl (C=O) groups is 1. The second kappa shape index (κ2) is 6.80. The molecule has 0 saturated carbocycles. The van der Waals surface area contributed by atoms with Crippen molar-refractivity contribution in [3.63, 3.8) is 0 Å². The molecule has 3 aromatic rings. The van der Waals surface area contributed by atoms with Crippen LogP contribution in [0.3, 0.4) is 0 Å². The zero-order valence-corrected chi connectivity index (χ0v) is 13.6. The second-order valence-corrected chi connectivity index (χ2v) is 5.98. The molecule has 7 nitrogen and oxygen atoms in total. The molecule has 7 heteroatoms. The highest BCUT2D eigenvalue weighted by Gasteiger charge is 2.29. The molecule has 4 heterocycles. The van der Waals surface area contributed by atoms with Crippen molar-refractivity contribution in [2.24, 2.45) is 0 Å². The monoisotopic (exact) mass is 335 g/mol. The van der Waals surface area contributed by atoms with Crippen molar-refractivity contribution in [2.75, 3.05) is 13.1 Å². The fourth-order valence-corrected chi connectivity index (χ4v) is 3.02. The van der Waals surface area contributed by atoms with Crippen molar-refractivity contribution in [2.45, 2.75) is 18.8 Å². The van der Waals surface area contributed by atoms with Crippen molar-refractivity contribution >= 4 is 5.91 Å². The molecule has 1 aliphatic heterocycles. The van der Waals surface area contributed by atoms with Crippen LogP contribution in [0.15, 0.2) is 53.3 Å². The lowest BCUT2D eigenvalue weighted by molar-refractivity contribution is 0.0697. The van der Waals surface area contributed by atoms with Gasteiger partial charge in [-0.3, -0.25) is 14.8 Å². The van der Waals surface area contributed by atoms with E-state index in [0.717, 1.165) is 19.4 Å². The standard InChI is InChI=1S/C18H17N5O2/c24-18(15-8-2-4-10-20-15)23-11-5-6-13(12-23)16-21-17(25-22-16)14-7-1-3-9-19-14/h1-4,7-10,13H,5-6,11-12H2/t13-/m0/s1. The average molecular weight is 335 g/mol. The molecule has 126 valence electrons. The maximum Gasteiger partial charge on any atom is 0.276 e. The third-order valence-corrected chi connectivity index (χ3v) is 4.28. The summed E-state index contributed by atoms with van der Waals surface area (Å²) in [6.07, 6.45) is 5.14. The number of carbonyl (C=O) groups excluding carboxylic acids is 1. The van der Waals surface area contributed by atoms with E-state index >= 15 is 0 Å². The Balaban J connectivity index is 1.50. The van der Waals surface area contributed by atoms with Crippen LogP contribution in [-0.4, -0.2) is 44.0 Å². The van der Waals surface area contributed by atoms with Gasteiger partial charge in [-0.2, -0.15) is 4.98 Å². The molecular formula is C18H17N5O2. The summed E-state index contributed by atoms with van der Waals surface area (Å²) in [5.74, 6) is 1.03. The van der Waals surface area contributed by atoms with E-state index in [1.807, 2.05) is 29.2 Å². The van der Waals surface area contributed by atoms with E-state index in [-0.39, 0.29) is 11.8 Å². The Labute approximate surface area is 144 Å². The van der Waals surface area contributed by atoms with Crippen LogP contribution in [0, 0.1) is 0 Å². The summed E-state index contributed by atoms with van der Waals surface area (Å²) in [4.78, 5) is 27.2. The lowest BCUT2D eigenvalue weighted by Crippen LogP contribution is -2.39. The number of likely N-dealkylation sites (tertiary alicyclic amines) is 1. The Hall–Kier alpha value is -3.09. The minimum Gasteiger partial charge on any atom is -0.337 e. The Morgan fingerprint density at radius 1 is 1.12 bits per heavy atom. The van der Waals surface area contributed by atoms with Gasteiger partial charge < -0.3 is 9.42 Å². The number of hydrogen-bond donors (Lipinski definition) is 0. The first-order valence-electron chi connectivity index (χ1n) is 8.26. The van der Waals surface area contributed by atoms with Crippen molar-refractivity contribution in [3.05, 3.63) is 60.3 Å². The lowest BCUT2D eigenvalue weighted by atomic mass is 9.97. The van der Waals surface area contributed by atoms with Crippen LogP contribution in [0.2, 0.25) is 0 Å². The Morgan fingerprint density at radius 2 is 1.96 bits per heavy atom. The highest BCUT2D eigenvalue weighted by atomic mass is 16.5. The van der Waals surface area contributed by atoms with E-state index in [1.165, 1.54) is 0 Å². The summed E-state index contributed by atoms with van der Waals surface area (Å²) >= 11 is 0. The van der Waals surface area contributed by atoms with Crippen LogP contribution in [-0.2, 0) is 0 Å². The first-order valence-corrected chi connectivity index (χ1v) is 8.26. The minimum atomic E-state index is -0.0567. The van der Waals surface area contributed by atoms with Crippen molar-refractivity contribution in [3.8, 4) is 11.6 Å². The molecule has 1 aliphatic rings. The van der Waals surface area contributed by atoms with Gasteiger partial charge in [-0.1, -0.05) is 17.3 Å². The molecule has 3 aromatic heterocycles. The molecule has 1 saturated heterocycles. The third-order valence-electron chi connectivity index (χ3n) is 4.28. The molecule has 25 heavy (non-hydrogen) atoms. The molecule has 0 unspecified atom stereocenters. The van der Waals surface area contributed by atoms with Crippen LogP contribution in [0.4, 0.5) is 0 Å². The largest absolute Gasteiger partial charge is 0.337 e. The van der Waals surface area contributed by atoms with E-state index in [4.69, 9.17) is 4.52 Å². The summed E-state index contributed by atoms with van der Waals surface area (Å²) < 4.78 is 5.34. The SMILES string of the molecule is O=C(c1ccccn1)N1CCC[C@H](c2noc(-c3ccccn3)n2)C1. The fourth-order valence-electron chi connectivity index (χ4n) is 3.02. The molecule has 0 aliphatic carbocycles.